The van der Waals surface area contributed by atoms with Gasteiger partial charge in [-0.15, -0.1) is 0 Å². The summed E-state index contributed by atoms with van der Waals surface area (Å²) in [7, 11) is 0. The first kappa shape index (κ1) is 11.3. The molecule has 0 amide bonds. The van der Waals surface area contributed by atoms with Crippen molar-refractivity contribution < 1.29 is 4.79 Å². The van der Waals surface area contributed by atoms with Crippen molar-refractivity contribution in [2.75, 3.05) is 0 Å². The van der Waals surface area contributed by atoms with Gasteiger partial charge in [0.1, 0.15) is 0 Å². The summed E-state index contributed by atoms with van der Waals surface area (Å²) in [5, 5.41) is 0. The van der Waals surface area contributed by atoms with Crippen molar-refractivity contribution in [3.63, 3.8) is 0 Å². The molecule has 0 radical (unpaired) electrons. The summed E-state index contributed by atoms with van der Waals surface area (Å²) in [6.45, 7) is 1.60. The van der Waals surface area contributed by atoms with E-state index in [1.54, 1.807) is 6.92 Å². The van der Waals surface area contributed by atoms with E-state index in [9.17, 15) is 4.79 Å². The van der Waals surface area contributed by atoms with E-state index in [2.05, 4.69) is 40.8 Å². The number of rotatable bonds is 2. The number of hydrogen-bond acceptors (Lipinski definition) is 1. The van der Waals surface area contributed by atoms with Gasteiger partial charge >= 0.3 is 0 Å². The minimum Gasteiger partial charge on any atom is -0.295 e. The molecular weight excluding hydrogens is 311 g/mol. The van der Waals surface area contributed by atoms with E-state index in [4.69, 9.17) is 0 Å². The highest BCUT2D eigenvalue weighted by Gasteiger charge is 2.04. The number of halogens is 1. The Morgan fingerprint density at radius 2 is 1.69 bits per heavy atom. The van der Waals surface area contributed by atoms with Crippen LogP contribution in [0.2, 0.25) is 0 Å². The molecule has 1 nitrogen and oxygen atoms in total. The molecule has 0 fully saturated rings. The summed E-state index contributed by atoms with van der Waals surface area (Å²) in [6, 6.07) is 16.0. The van der Waals surface area contributed by atoms with E-state index >= 15 is 0 Å². The lowest BCUT2D eigenvalue weighted by Crippen LogP contribution is -1.93. The highest BCUT2D eigenvalue weighted by molar-refractivity contribution is 14.1. The molecule has 0 aromatic heterocycles. The molecule has 0 bridgehead atoms. The van der Waals surface area contributed by atoms with Gasteiger partial charge < -0.3 is 0 Å². The maximum absolute atomic E-state index is 11.4. The molecule has 2 rings (SSSR count). The first-order chi connectivity index (χ1) is 7.66. The van der Waals surface area contributed by atoms with Gasteiger partial charge in [0.15, 0.2) is 5.78 Å². The lowest BCUT2D eigenvalue weighted by Gasteiger charge is -2.05. The van der Waals surface area contributed by atoms with Gasteiger partial charge in [0.05, 0.1) is 0 Å². The van der Waals surface area contributed by atoms with E-state index in [-0.39, 0.29) is 5.78 Å². The SMILES string of the molecule is CC(=O)c1cc(I)cc(-c2ccccc2)c1. The first-order valence-electron chi connectivity index (χ1n) is 5.04. The number of benzene rings is 2. The van der Waals surface area contributed by atoms with Gasteiger partial charge in [-0.05, 0) is 58.8 Å². The van der Waals surface area contributed by atoms with Crippen LogP contribution in [0.5, 0.6) is 0 Å². The van der Waals surface area contributed by atoms with Crippen LogP contribution in [0, 0.1) is 3.57 Å². The fraction of sp³-hybridized carbons (Fsp3) is 0.0714. The number of carbonyl (C=O) groups excluding carboxylic acids is 1. The minimum atomic E-state index is 0.107. The summed E-state index contributed by atoms with van der Waals surface area (Å²) in [4.78, 5) is 11.4. The van der Waals surface area contributed by atoms with Gasteiger partial charge in [0, 0.05) is 9.13 Å². The lowest BCUT2D eigenvalue weighted by molar-refractivity contribution is 0.101. The van der Waals surface area contributed by atoms with Crippen LogP contribution in [0.15, 0.2) is 48.5 Å². The molecule has 0 saturated carbocycles. The Balaban J connectivity index is 2.54. The van der Waals surface area contributed by atoms with Gasteiger partial charge in [-0.2, -0.15) is 0 Å². The van der Waals surface area contributed by atoms with Crippen LogP contribution in [0.3, 0.4) is 0 Å². The molecule has 0 unspecified atom stereocenters. The predicted molar refractivity (Wildman–Crippen MR) is 74.6 cm³/mol. The van der Waals surface area contributed by atoms with Crippen molar-refractivity contribution in [3.05, 3.63) is 57.7 Å². The standard InChI is InChI=1S/C14H11IO/c1-10(16)12-7-13(9-14(15)8-12)11-5-3-2-4-6-11/h2-9H,1H3. The molecule has 16 heavy (non-hydrogen) atoms. The number of carbonyl (C=O) groups is 1. The third-order valence-electron chi connectivity index (χ3n) is 2.41. The fourth-order valence-electron chi connectivity index (χ4n) is 1.59. The highest BCUT2D eigenvalue weighted by atomic mass is 127. The molecule has 0 spiro atoms. The molecule has 2 aromatic rings. The quantitative estimate of drug-likeness (QED) is 0.599. The Morgan fingerprint density at radius 3 is 2.31 bits per heavy atom. The summed E-state index contributed by atoms with van der Waals surface area (Å²) >= 11 is 2.24. The molecule has 2 aromatic carbocycles. The van der Waals surface area contributed by atoms with Crippen LogP contribution in [0.1, 0.15) is 17.3 Å². The molecule has 2 heteroatoms. The molecule has 0 aliphatic rings. The molecule has 0 atom stereocenters. The molecule has 0 N–H and O–H groups in total. The van der Waals surface area contributed by atoms with Gasteiger partial charge in [-0.3, -0.25) is 4.79 Å². The van der Waals surface area contributed by atoms with Gasteiger partial charge in [-0.1, -0.05) is 30.3 Å². The molecular formula is C14H11IO. The lowest BCUT2D eigenvalue weighted by atomic mass is 10.0. The van der Waals surface area contributed by atoms with Crippen molar-refractivity contribution >= 4 is 28.4 Å². The van der Waals surface area contributed by atoms with Crippen molar-refractivity contribution in [1.82, 2.24) is 0 Å². The van der Waals surface area contributed by atoms with E-state index in [0.717, 1.165) is 20.3 Å². The van der Waals surface area contributed by atoms with Gasteiger partial charge in [-0.25, -0.2) is 0 Å². The van der Waals surface area contributed by atoms with Gasteiger partial charge in [0.2, 0.25) is 0 Å². The monoisotopic (exact) mass is 322 g/mol. The van der Waals surface area contributed by atoms with E-state index in [0.29, 0.717) is 0 Å². The molecule has 0 heterocycles. The second-order valence-corrected chi connectivity index (χ2v) is 4.90. The molecule has 80 valence electrons. The zero-order chi connectivity index (χ0) is 11.5. The number of Topliss-reactive ketones (excluding diaryl/α,β-unsaturated/α-hetero) is 1. The van der Waals surface area contributed by atoms with Crippen LogP contribution >= 0.6 is 22.6 Å². The van der Waals surface area contributed by atoms with Gasteiger partial charge in [0.25, 0.3) is 0 Å². The summed E-state index contributed by atoms with van der Waals surface area (Å²) in [6.07, 6.45) is 0. The van der Waals surface area contributed by atoms with Crippen LogP contribution in [0.25, 0.3) is 11.1 Å². The third kappa shape index (κ3) is 2.50. The zero-order valence-corrected chi connectivity index (χ0v) is 11.1. The zero-order valence-electron chi connectivity index (χ0n) is 8.91. The van der Waals surface area contributed by atoms with Crippen molar-refractivity contribution in [3.8, 4) is 11.1 Å². The Bertz CT molecular complexity index is 518. The van der Waals surface area contributed by atoms with E-state index in [1.165, 1.54) is 0 Å². The van der Waals surface area contributed by atoms with Crippen molar-refractivity contribution in [2.24, 2.45) is 0 Å². The highest BCUT2D eigenvalue weighted by Crippen LogP contribution is 2.23. The molecule has 0 saturated heterocycles. The van der Waals surface area contributed by atoms with Crippen LogP contribution in [-0.4, -0.2) is 5.78 Å². The van der Waals surface area contributed by atoms with E-state index < -0.39 is 0 Å². The topological polar surface area (TPSA) is 17.1 Å². The van der Waals surface area contributed by atoms with Crippen molar-refractivity contribution in [2.45, 2.75) is 6.92 Å². The Labute approximate surface area is 109 Å². The van der Waals surface area contributed by atoms with E-state index in [1.807, 2.05) is 30.3 Å². The van der Waals surface area contributed by atoms with Crippen LogP contribution < -0.4 is 0 Å². The summed E-state index contributed by atoms with van der Waals surface area (Å²) < 4.78 is 1.09. The Kier molecular flexibility index (Phi) is 3.39. The first-order valence-corrected chi connectivity index (χ1v) is 6.11. The Morgan fingerprint density at radius 1 is 1.00 bits per heavy atom. The largest absolute Gasteiger partial charge is 0.295 e. The fourth-order valence-corrected chi connectivity index (χ4v) is 2.26. The molecule has 0 aliphatic heterocycles. The average Bonchev–Trinajstić information content (AvgIpc) is 2.29. The molecule has 0 aliphatic carbocycles. The third-order valence-corrected chi connectivity index (χ3v) is 3.03. The second kappa shape index (κ2) is 4.78. The van der Waals surface area contributed by atoms with Crippen molar-refractivity contribution in [1.29, 1.82) is 0 Å². The number of ketones is 1. The van der Waals surface area contributed by atoms with Crippen LogP contribution in [0.4, 0.5) is 0 Å². The number of hydrogen-bond donors (Lipinski definition) is 0. The minimum absolute atomic E-state index is 0.107. The summed E-state index contributed by atoms with van der Waals surface area (Å²) in [5.74, 6) is 0.107. The smallest absolute Gasteiger partial charge is 0.159 e. The van der Waals surface area contributed by atoms with Crippen LogP contribution in [-0.2, 0) is 0 Å². The maximum Gasteiger partial charge on any atom is 0.159 e. The maximum atomic E-state index is 11.4. The summed E-state index contributed by atoms with van der Waals surface area (Å²) in [5.41, 5.74) is 3.01. The average molecular weight is 322 g/mol. The predicted octanol–water partition coefficient (Wildman–Crippen LogP) is 4.16. The second-order valence-electron chi connectivity index (χ2n) is 3.65. The normalized spacial score (nSPS) is 10.1. The Hall–Kier alpha value is -1.16.